The van der Waals surface area contributed by atoms with Gasteiger partial charge in [-0.2, -0.15) is 15.8 Å². The van der Waals surface area contributed by atoms with Gasteiger partial charge in [0.05, 0.1) is 23.4 Å². The molecule has 1 saturated heterocycles. The van der Waals surface area contributed by atoms with Crippen molar-refractivity contribution < 1.29 is 0 Å². The lowest BCUT2D eigenvalue weighted by Gasteiger charge is -2.48. The number of hydrogen-bond acceptors (Lipinski definition) is 5. The van der Waals surface area contributed by atoms with Crippen LogP contribution in [0.25, 0.3) is 0 Å². The number of nitrogens with two attached hydrogens (primary N) is 1. The van der Waals surface area contributed by atoms with Crippen molar-refractivity contribution >= 4 is 0 Å². The molecule has 0 radical (unpaired) electrons. The molecule has 0 amide bonds. The Morgan fingerprint density at radius 3 is 2.42 bits per heavy atom. The van der Waals surface area contributed by atoms with Crippen molar-refractivity contribution in [3.63, 3.8) is 0 Å². The molecule has 0 spiro atoms. The highest BCUT2D eigenvalue weighted by molar-refractivity contribution is 5.60. The Morgan fingerprint density at radius 1 is 1.12 bits per heavy atom. The zero-order chi connectivity index (χ0) is 18.5. The van der Waals surface area contributed by atoms with Crippen LogP contribution in [0.1, 0.15) is 24.3 Å². The largest absolute Gasteiger partial charge is 0.399 e. The summed E-state index contributed by atoms with van der Waals surface area (Å²) in [4.78, 5) is 2.32. The number of likely N-dealkylation sites (N-methyl/N-ethyl adjacent to an activating group) is 1. The van der Waals surface area contributed by atoms with Gasteiger partial charge in [-0.1, -0.05) is 36.4 Å². The van der Waals surface area contributed by atoms with Gasteiger partial charge >= 0.3 is 0 Å². The van der Waals surface area contributed by atoms with Crippen LogP contribution in [-0.2, 0) is 0 Å². The van der Waals surface area contributed by atoms with E-state index in [0.717, 1.165) is 24.0 Å². The topological polar surface area (TPSA) is 101 Å². The summed E-state index contributed by atoms with van der Waals surface area (Å²) >= 11 is 0. The molecule has 4 atom stereocenters. The molecule has 2 aliphatic heterocycles. The van der Waals surface area contributed by atoms with E-state index in [1.807, 2.05) is 30.3 Å². The molecule has 0 unspecified atom stereocenters. The molecule has 26 heavy (non-hydrogen) atoms. The van der Waals surface area contributed by atoms with Gasteiger partial charge in [0.25, 0.3) is 0 Å². The van der Waals surface area contributed by atoms with Gasteiger partial charge in [0.2, 0.25) is 0 Å². The Bertz CT molecular complexity index is 923. The van der Waals surface area contributed by atoms with Crippen LogP contribution in [0.3, 0.4) is 0 Å². The second kappa shape index (κ2) is 5.73. The first-order valence-corrected chi connectivity index (χ1v) is 8.80. The average molecular weight is 341 g/mol. The Balaban J connectivity index is 2.05. The van der Waals surface area contributed by atoms with Crippen LogP contribution in [0.15, 0.2) is 53.3 Å². The number of allylic oxidation sites excluding steroid dienone is 2. The van der Waals surface area contributed by atoms with Crippen LogP contribution in [-0.4, -0.2) is 24.0 Å². The summed E-state index contributed by atoms with van der Waals surface area (Å²) in [6, 6.07) is 16.7. The minimum absolute atomic E-state index is 0.0950. The maximum Gasteiger partial charge on any atom is 0.191 e. The van der Waals surface area contributed by atoms with E-state index >= 15 is 0 Å². The summed E-state index contributed by atoms with van der Waals surface area (Å²) in [7, 11) is 2.09. The van der Waals surface area contributed by atoms with E-state index in [4.69, 9.17) is 5.73 Å². The number of nitriles is 3. The number of nitrogens with zero attached hydrogens (tertiary/aromatic N) is 4. The first kappa shape index (κ1) is 16.4. The molecule has 1 aliphatic carbocycles. The maximum absolute atomic E-state index is 10.1. The quantitative estimate of drug-likeness (QED) is 0.846. The van der Waals surface area contributed by atoms with Crippen LogP contribution in [0.2, 0.25) is 0 Å². The van der Waals surface area contributed by atoms with Crippen molar-refractivity contribution in [1.82, 2.24) is 4.90 Å². The Kier molecular flexibility index (Phi) is 3.62. The molecule has 2 N–H and O–H groups in total. The molecule has 1 fully saturated rings. The van der Waals surface area contributed by atoms with E-state index in [2.05, 4.69) is 36.2 Å². The summed E-state index contributed by atoms with van der Waals surface area (Å²) in [5.74, 6) is -0.490. The lowest BCUT2D eigenvalue weighted by molar-refractivity contribution is 0.160. The van der Waals surface area contributed by atoms with Crippen molar-refractivity contribution in [2.75, 3.05) is 7.05 Å². The summed E-state index contributed by atoms with van der Waals surface area (Å²) in [5.41, 5.74) is 7.07. The third-order valence-corrected chi connectivity index (χ3v) is 6.38. The number of fused-ring (bicyclic) bond motifs is 4. The van der Waals surface area contributed by atoms with E-state index in [0.29, 0.717) is 5.57 Å². The zero-order valence-electron chi connectivity index (χ0n) is 14.6. The molecule has 5 heteroatoms. The van der Waals surface area contributed by atoms with Gasteiger partial charge in [-0.05, 0) is 31.0 Å². The fourth-order valence-corrected chi connectivity index (χ4v) is 5.12. The highest BCUT2D eigenvalue weighted by Crippen LogP contribution is 2.58. The van der Waals surface area contributed by atoms with E-state index in [-0.39, 0.29) is 23.7 Å². The minimum Gasteiger partial charge on any atom is -0.399 e. The summed E-state index contributed by atoms with van der Waals surface area (Å²) in [5, 5.41) is 29.9. The average Bonchev–Trinajstić information content (AvgIpc) is 2.91. The zero-order valence-corrected chi connectivity index (χ0v) is 14.6. The molecule has 2 bridgehead atoms. The third-order valence-electron chi connectivity index (χ3n) is 6.38. The molecule has 1 aromatic rings. The SMILES string of the molecule is CN1[C@H]2C=C3C(C#N)=C(N)C(C#N)(C#N)[C@@H](c4ccccc4)[C@H]3[C@@H]1CC2. The third kappa shape index (κ3) is 1.91. The fourth-order valence-electron chi connectivity index (χ4n) is 5.12. The van der Waals surface area contributed by atoms with Crippen molar-refractivity contribution in [2.24, 2.45) is 17.1 Å². The molecular weight excluding hydrogens is 322 g/mol. The number of benzene rings is 1. The lowest BCUT2D eigenvalue weighted by Crippen LogP contribution is -2.51. The molecule has 5 nitrogen and oxygen atoms in total. The minimum atomic E-state index is -1.54. The molecule has 2 heterocycles. The predicted octanol–water partition coefficient (Wildman–Crippen LogP) is 2.57. The van der Waals surface area contributed by atoms with Crippen LogP contribution < -0.4 is 5.73 Å². The van der Waals surface area contributed by atoms with E-state index < -0.39 is 11.3 Å². The van der Waals surface area contributed by atoms with Gasteiger partial charge in [0, 0.05) is 23.9 Å². The summed E-state index contributed by atoms with van der Waals surface area (Å²) in [6.45, 7) is 0. The maximum atomic E-state index is 10.1. The van der Waals surface area contributed by atoms with E-state index in [9.17, 15) is 15.8 Å². The standard InChI is InChI=1S/C21H19N5/c1-26-14-7-8-17(26)18-15(9-14)16(10-22)20(25)21(11-23,12-24)19(18)13-5-3-2-4-6-13/h2-6,9,14,17-19H,7-8,25H2,1H3/t14-,17+,18-,19+/m1/s1. The van der Waals surface area contributed by atoms with Crippen LogP contribution in [0, 0.1) is 45.3 Å². The Hall–Kier alpha value is -3.07. The van der Waals surface area contributed by atoms with E-state index in [1.165, 1.54) is 0 Å². The first-order valence-electron chi connectivity index (χ1n) is 8.80. The highest BCUT2D eigenvalue weighted by Gasteiger charge is 2.58. The smallest absolute Gasteiger partial charge is 0.191 e. The number of rotatable bonds is 1. The molecule has 0 aromatic heterocycles. The van der Waals surface area contributed by atoms with Crippen LogP contribution in [0.4, 0.5) is 0 Å². The van der Waals surface area contributed by atoms with Crippen LogP contribution >= 0.6 is 0 Å². The second-order valence-corrected chi connectivity index (χ2v) is 7.35. The monoisotopic (exact) mass is 341 g/mol. The fraction of sp³-hybridized carbons (Fsp3) is 0.381. The lowest BCUT2D eigenvalue weighted by atomic mass is 9.56. The van der Waals surface area contributed by atoms with Gasteiger partial charge in [0.1, 0.15) is 6.07 Å². The first-order chi connectivity index (χ1) is 12.6. The van der Waals surface area contributed by atoms with Gasteiger partial charge < -0.3 is 5.73 Å². The molecule has 128 valence electrons. The molecular formula is C21H19N5. The van der Waals surface area contributed by atoms with Crippen molar-refractivity contribution in [2.45, 2.75) is 30.8 Å². The predicted molar refractivity (Wildman–Crippen MR) is 95.8 cm³/mol. The van der Waals surface area contributed by atoms with Crippen LogP contribution in [0.5, 0.6) is 0 Å². The second-order valence-electron chi connectivity index (χ2n) is 7.35. The van der Waals surface area contributed by atoms with Crippen molar-refractivity contribution in [3.05, 3.63) is 58.8 Å². The van der Waals surface area contributed by atoms with Gasteiger partial charge in [0.15, 0.2) is 5.41 Å². The summed E-state index contributed by atoms with van der Waals surface area (Å²) in [6.07, 6.45) is 4.14. The molecule has 3 aliphatic rings. The van der Waals surface area contributed by atoms with Gasteiger partial charge in [-0.3, -0.25) is 4.90 Å². The van der Waals surface area contributed by atoms with E-state index in [1.54, 1.807) is 0 Å². The molecule has 0 saturated carbocycles. The highest BCUT2D eigenvalue weighted by atomic mass is 15.2. The normalized spacial score (nSPS) is 32.0. The van der Waals surface area contributed by atoms with Crippen molar-refractivity contribution in [3.8, 4) is 18.2 Å². The summed E-state index contributed by atoms with van der Waals surface area (Å²) < 4.78 is 0. The molecule has 1 aromatic carbocycles. The Morgan fingerprint density at radius 2 is 1.81 bits per heavy atom. The number of hydrogen-bond donors (Lipinski definition) is 1. The van der Waals surface area contributed by atoms with Gasteiger partial charge in [-0.15, -0.1) is 0 Å². The van der Waals surface area contributed by atoms with Gasteiger partial charge in [-0.25, -0.2) is 0 Å². The van der Waals surface area contributed by atoms with Crippen molar-refractivity contribution in [1.29, 1.82) is 15.8 Å². The molecule has 4 rings (SSSR count). The Labute approximate surface area is 153 Å².